The van der Waals surface area contributed by atoms with E-state index >= 15 is 0 Å². The van der Waals surface area contributed by atoms with Gasteiger partial charge >= 0.3 is 0 Å². The minimum absolute atomic E-state index is 0.208. The maximum Gasteiger partial charge on any atom is 0.237 e. The molecule has 1 saturated heterocycles. The highest BCUT2D eigenvalue weighted by atomic mass is 16.2. The van der Waals surface area contributed by atoms with Crippen molar-refractivity contribution < 1.29 is 4.79 Å². The molecule has 0 saturated carbocycles. The number of hydrogen-bond donors (Lipinski definition) is 0. The predicted molar refractivity (Wildman–Crippen MR) is 96.9 cm³/mol. The molecular formula is C19H29N3O. The van der Waals surface area contributed by atoms with Gasteiger partial charge in [0.2, 0.25) is 5.91 Å². The Morgan fingerprint density at radius 1 is 1.26 bits per heavy atom. The van der Waals surface area contributed by atoms with Gasteiger partial charge in [-0.25, -0.2) is 0 Å². The molecule has 0 atom stereocenters. The van der Waals surface area contributed by atoms with Crippen molar-refractivity contribution in [3.8, 4) is 0 Å². The first-order valence-electron chi connectivity index (χ1n) is 8.45. The van der Waals surface area contributed by atoms with Gasteiger partial charge in [-0.15, -0.1) is 0 Å². The molecule has 1 aromatic carbocycles. The molecule has 1 aromatic rings. The standard InChI is InChI=1S/C19H29N3O/c1-5-21(14-16(2)3)19(23)15-20-9-11-22(12-10-20)18-8-6-7-17(4)13-18/h6-8,13H,2,5,9-12,14-15H2,1,3-4H3. The second kappa shape index (κ2) is 8.16. The molecule has 2 rings (SSSR count). The van der Waals surface area contributed by atoms with Gasteiger partial charge in [0.05, 0.1) is 6.54 Å². The van der Waals surface area contributed by atoms with E-state index in [0.29, 0.717) is 13.1 Å². The predicted octanol–water partition coefficient (Wildman–Crippen LogP) is 2.54. The number of anilines is 1. The average Bonchev–Trinajstić information content (AvgIpc) is 2.53. The Morgan fingerprint density at radius 2 is 1.96 bits per heavy atom. The van der Waals surface area contributed by atoms with E-state index in [0.717, 1.165) is 38.3 Å². The first-order valence-corrected chi connectivity index (χ1v) is 8.45. The lowest BCUT2D eigenvalue weighted by molar-refractivity contribution is -0.131. The topological polar surface area (TPSA) is 26.8 Å². The van der Waals surface area contributed by atoms with Gasteiger partial charge in [-0.3, -0.25) is 9.69 Å². The van der Waals surface area contributed by atoms with Crippen LogP contribution in [0.5, 0.6) is 0 Å². The molecule has 0 aromatic heterocycles. The van der Waals surface area contributed by atoms with Crippen LogP contribution in [-0.2, 0) is 4.79 Å². The molecule has 1 fully saturated rings. The molecule has 1 aliphatic rings. The van der Waals surface area contributed by atoms with Gasteiger partial charge in [-0.1, -0.05) is 24.3 Å². The summed E-state index contributed by atoms with van der Waals surface area (Å²) in [5.41, 5.74) is 3.61. The highest BCUT2D eigenvalue weighted by molar-refractivity contribution is 5.78. The molecule has 1 heterocycles. The van der Waals surface area contributed by atoms with Crippen LogP contribution in [0, 0.1) is 6.92 Å². The largest absolute Gasteiger partial charge is 0.369 e. The third-order valence-corrected chi connectivity index (χ3v) is 4.29. The molecule has 23 heavy (non-hydrogen) atoms. The summed E-state index contributed by atoms with van der Waals surface area (Å²) in [7, 11) is 0. The van der Waals surface area contributed by atoms with E-state index in [4.69, 9.17) is 0 Å². The van der Waals surface area contributed by atoms with E-state index in [-0.39, 0.29) is 5.91 Å². The third kappa shape index (κ3) is 5.10. The zero-order valence-electron chi connectivity index (χ0n) is 14.7. The molecule has 0 aliphatic carbocycles. The molecule has 0 bridgehead atoms. The summed E-state index contributed by atoms with van der Waals surface area (Å²) in [5.74, 6) is 0.208. The fraction of sp³-hybridized carbons (Fsp3) is 0.526. The molecule has 4 heteroatoms. The SMILES string of the molecule is C=C(C)CN(CC)C(=O)CN1CCN(c2cccc(C)c2)CC1. The summed E-state index contributed by atoms with van der Waals surface area (Å²) >= 11 is 0. The molecule has 126 valence electrons. The van der Waals surface area contributed by atoms with Gasteiger partial charge in [0.15, 0.2) is 0 Å². The van der Waals surface area contributed by atoms with Gasteiger partial charge in [0, 0.05) is 45.0 Å². The molecule has 0 N–H and O–H groups in total. The normalized spacial score (nSPS) is 15.5. The van der Waals surface area contributed by atoms with Crippen molar-refractivity contribution in [1.29, 1.82) is 0 Å². The van der Waals surface area contributed by atoms with Crippen molar-refractivity contribution in [2.45, 2.75) is 20.8 Å². The Bertz CT molecular complexity index is 547. The van der Waals surface area contributed by atoms with Crippen molar-refractivity contribution in [2.75, 3.05) is 50.7 Å². The third-order valence-electron chi connectivity index (χ3n) is 4.29. The minimum Gasteiger partial charge on any atom is -0.369 e. The van der Waals surface area contributed by atoms with Gasteiger partial charge in [-0.2, -0.15) is 0 Å². The highest BCUT2D eigenvalue weighted by Crippen LogP contribution is 2.17. The van der Waals surface area contributed by atoms with Crippen LogP contribution in [0.25, 0.3) is 0 Å². The van der Waals surface area contributed by atoms with Crippen LogP contribution in [0.2, 0.25) is 0 Å². The molecule has 0 unspecified atom stereocenters. The Hall–Kier alpha value is -1.81. The van der Waals surface area contributed by atoms with Crippen LogP contribution < -0.4 is 4.90 Å². The molecule has 0 spiro atoms. The molecular weight excluding hydrogens is 286 g/mol. The first kappa shape index (κ1) is 17.5. The zero-order chi connectivity index (χ0) is 16.8. The molecule has 1 aliphatic heterocycles. The summed E-state index contributed by atoms with van der Waals surface area (Å²) in [5, 5.41) is 0. The van der Waals surface area contributed by atoms with E-state index in [9.17, 15) is 4.79 Å². The number of likely N-dealkylation sites (N-methyl/N-ethyl adjacent to an activating group) is 1. The maximum atomic E-state index is 12.4. The lowest BCUT2D eigenvalue weighted by Gasteiger charge is -2.36. The van der Waals surface area contributed by atoms with Crippen molar-refractivity contribution in [2.24, 2.45) is 0 Å². The summed E-state index contributed by atoms with van der Waals surface area (Å²) in [4.78, 5) is 18.9. The number of hydrogen-bond acceptors (Lipinski definition) is 3. The summed E-state index contributed by atoms with van der Waals surface area (Å²) in [6, 6.07) is 8.63. The fourth-order valence-electron chi connectivity index (χ4n) is 2.98. The number of benzene rings is 1. The van der Waals surface area contributed by atoms with Crippen molar-refractivity contribution in [1.82, 2.24) is 9.80 Å². The second-order valence-corrected chi connectivity index (χ2v) is 6.47. The number of carbonyl (C=O) groups is 1. The summed E-state index contributed by atoms with van der Waals surface area (Å²) in [6.07, 6.45) is 0. The number of amides is 1. The van der Waals surface area contributed by atoms with Crippen LogP contribution in [0.15, 0.2) is 36.4 Å². The number of piperazine rings is 1. The Morgan fingerprint density at radius 3 is 2.52 bits per heavy atom. The zero-order valence-corrected chi connectivity index (χ0v) is 14.7. The lowest BCUT2D eigenvalue weighted by atomic mass is 10.2. The summed E-state index contributed by atoms with van der Waals surface area (Å²) in [6.45, 7) is 15.8. The fourth-order valence-corrected chi connectivity index (χ4v) is 2.98. The van der Waals surface area contributed by atoms with Crippen molar-refractivity contribution in [3.05, 3.63) is 42.0 Å². The second-order valence-electron chi connectivity index (χ2n) is 6.47. The number of carbonyl (C=O) groups excluding carboxylic acids is 1. The average molecular weight is 315 g/mol. The van der Waals surface area contributed by atoms with Gasteiger partial charge in [-0.05, 0) is 38.5 Å². The van der Waals surface area contributed by atoms with Crippen LogP contribution in [0.4, 0.5) is 5.69 Å². The molecule has 0 radical (unpaired) electrons. The van der Waals surface area contributed by atoms with E-state index in [1.165, 1.54) is 11.3 Å². The highest BCUT2D eigenvalue weighted by Gasteiger charge is 2.21. The maximum absolute atomic E-state index is 12.4. The number of nitrogens with zero attached hydrogens (tertiary/aromatic N) is 3. The number of rotatable bonds is 6. The Kier molecular flexibility index (Phi) is 6.22. The Labute approximate surface area is 140 Å². The molecule has 4 nitrogen and oxygen atoms in total. The summed E-state index contributed by atoms with van der Waals surface area (Å²) < 4.78 is 0. The minimum atomic E-state index is 0.208. The van der Waals surface area contributed by atoms with Crippen LogP contribution in [0.1, 0.15) is 19.4 Å². The number of aryl methyl sites for hydroxylation is 1. The van der Waals surface area contributed by atoms with Crippen LogP contribution in [0.3, 0.4) is 0 Å². The van der Waals surface area contributed by atoms with E-state index in [1.54, 1.807) is 0 Å². The van der Waals surface area contributed by atoms with Crippen molar-refractivity contribution in [3.63, 3.8) is 0 Å². The molecule has 1 amide bonds. The van der Waals surface area contributed by atoms with Crippen molar-refractivity contribution >= 4 is 11.6 Å². The Balaban J connectivity index is 1.84. The van der Waals surface area contributed by atoms with E-state index < -0.39 is 0 Å². The van der Waals surface area contributed by atoms with E-state index in [2.05, 4.69) is 47.6 Å². The monoisotopic (exact) mass is 315 g/mol. The van der Waals surface area contributed by atoms with Gasteiger partial charge in [0.1, 0.15) is 0 Å². The quantitative estimate of drug-likeness (QED) is 0.755. The smallest absolute Gasteiger partial charge is 0.237 e. The van der Waals surface area contributed by atoms with Crippen LogP contribution >= 0.6 is 0 Å². The first-order chi connectivity index (χ1) is 11.0. The van der Waals surface area contributed by atoms with Gasteiger partial charge < -0.3 is 9.80 Å². The van der Waals surface area contributed by atoms with Crippen LogP contribution in [-0.4, -0.2) is 61.5 Å². The van der Waals surface area contributed by atoms with Gasteiger partial charge in [0.25, 0.3) is 0 Å². The van der Waals surface area contributed by atoms with E-state index in [1.807, 2.05) is 18.7 Å². The lowest BCUT2D eigenvalue weighted by Crippen LogP contribution is -2.50.